The van der Waals surface area contributed by atoms with Crippen LogP contribution in [-0.2, 0) is 0 Å². The Bertz CT molecular complexity index is 553. The van der Waals surface area contributed by atoms with Gasteiger partial charge in [0.25, 0.3) is 0 Å². The van der Waals surface area contributed by atoms with Crippen LogP contribution in [0.4, 0.5) is 10.7 Å². The predicted molar refractivity (Wildman–Crippen MR) is 78.8 cm³/mol. The van der Waals surface area contributed by atoms with Gasteiger partial charge in [0.2, 0.25) is 5.95 Å². The molecule has 0 aromatic carbocycles. The van der Waals surface area contributed by atoms with E-state index in [1.807, 2.05) is 18.0 Å². The standard InChI is InChI=1S/C14H20N6O/c1-18(2)14(21)19(3)12-5-4-8-20(10-12)13-16-7-6-11(9-15)17-13/h6-7,12H,4-5,8,10H2,1-3H3. The monoisotopic (exact) mass is 288 g/mol. The van der Waals surface area contributed by atoms with E-state index >= 15 is 0 Å². The Labute approximate surface area is 124 Å². The molecule has 21 heavy (non-hydrogen) atoms. The Balaban J connectivity index is 2.10. The van der Waals surface area contributed by atoms with E-state index in [1.54, 1.807) is 36.2 Å². The lowest BCUT2D eigenvalue weighted by molar-refractivity contribution is 0.157. The summed E-state index contributed by atoms with van der Waals surface area (Å²) in [5.74, 6) is 0.560. The van der Waals surface area contributed by atoms with Gasteiger partial charge in [-0.25, -0.2) is 14.8 Å². The number of likely N-dealkylation sites (N-methyl/N-ethyl adjacent to an activating group) is 1. The zero-order valence-corrected chi connectivity index (χ0v) is 12.7. The smallest absolute Gasteiger partial charge is 0.319 e. The van der Waals surface area contributed by atoms with Crippen molar-refractivity contribution in [3.05, 3.63) is 18.0 Å². The summed E-state index contributed by atoms with van der Waals surface area (Å²) in [6, 6.07) is 3.74. The van der Waals surface area contributed by atoms with E-state index in [4.69, 9.17) is 5.26 Å². The Morgan fingerprint density at radius 3 is 2.90 bits per heavy atom. The second-order valence-electron chi connectivity index (χ2n) is 5.38. The number of amides is 2. The molecular formula is C14H20N6O. The molecule has 1 atom stereocenters. The van der Waals surface area contributed by atoms with Gasteiger partial charge in [-0.3, -0.25) is 0 Å². The highest BCUT2D eigenvalue weighted by atomic mass is 16.2. The van der Waals surface area contributed by atoms with Gasteiger partial charge in [0.1, 0.15) is 11.8 Å². The quantitative estimate of drug-likeness (QED) is 0.809. The van der Waals surface area contributed by atoms with Crippen molar-refractivity contribution in [1.29, 1.82) is 5.26 Å². The topological polar surface area (TPSA) is 76.4 Å². The van der Waals surface area contributed by atoms with Crippen LogP contribution in [0.3, 0.4) is 0 Å². The third-order valence-corrected chi connectivity index (χ3v) is 3.67. The molecule has 2 amide bonds. The molecule has 0 radical (unpaired) electrons. The van der Waals surface area contributed by atoms with Gasteiger partial charge in [-0.2, -0.15) is 5.26 Å². The molecule has 7 nitrogen and oxygen atoms in total. The summed E-state index contributed by atoms with van der Waals surface area (Å²) in [5, 5.41) is 8.92. The summed E-state index contributed by atoms with van der Waals surface area (Å²) in [6.45, 7) is 1.53. The molecule has 1 aliphatic heterocycles. The maximum Gasteiger partial charge on any atom is 0.319 e. The van der Waals surface area contributed by atoms with E-state index in [9.17, 15) is 4.79 Å². The van der Waals surface area contributed by atoms with Crippen molar-refractivity contribution >= 4 is 12.0 Å². The Morgan fingerprint density at radius 2 is 2.24 bits per heavy atom. The molecule has 0 N–H and O–H groups in total. The van der Waals surface area contributed by atoms with Crippen LogP contribution < -0.4 is 4.90 Å². The fourth-order valence-corrected chi connectivity index (χ4v) is 2.49. The number of aromatic nitrogens is 2. The molecule has 0 aliphatic carbocycles. The number of rotatable bonds is 2. The molecule has 0 bridgehead atoms. The van der Waals surface area contributed by atoms with Gasteiger partial charge in [-0.1, -0.05) is 0 Å². The van der Waals surface area contributed by atoms with Crippen LogP contribution in [0.1, 0.15) is 18.5 Å². The number of nitriles is 1. The molecule has 1 aromatic rings. The molecule has 1 fully saturated rings. The van der Waals surface area contributed by atoms with Crippen molar-refractivity contribution in [2.45, 2.75) is 18.9 Å². The lowest BCUT2D eigenvalue weighted by Crippen LogP contribution is -2.51. The first-order chi connectivity index (χ1) is 10.0. The van der Waals surface area contributed by atoms with Gasteiger partial charge >= 0.3 is 6.03 Å². The first-order valence-corrected chi connectivity index (χ1v) is 6.95. The lowest BCUT2D eigenvalue weighted by Gasteiger charge is -2.38. The fourth-order valence-electron chi connectivity index (χ4n) is 2.49. The molecule has 1 aliphatic rings. The molecule has 112 valence electrons. The second kappa shape index (κ2) is 6.39. The maximum absolute atomic E-state index is 12.0. The van der Waals surface area contributed by atoms with Crippen LogP contribution in [0, 0.1) is 11.3 Å². The summed E-state index contributed by atoms with van der Waals surface area (Å²) in [7, 11) is 5.32. The van der Waals surface area contributed by atoms with Crippen LogP contribution >= 0.6 is 0 Å². The Morgan fingerprint density at radius 1 is 1.48 bits per heavy atom. The van der Waals surface area contributed by atoms with Gasteiger partial charge in [0.05, 0.1) is 6.04 Å². The van der Waals surface area contributed by atoms with Crippen LogP contribution in [-0.4, -0.2) is 66.1 Å². The number of anilines is 1. The Kier molecular flexibility index (Phi) is 4.58. The first-order valence-electron chi connectivity index (χ1n) is 6.95. The highest BCUT2D eigenvalue weighted by Crippen LogP contribution is 2.19. The van der Waals surface area contributed by atoms with E-state index in [-0.39, 0.29) is 12.1 Å². The van der Waals surface area contributed by atoms with Crippen molar-refractivity contribution in [3.63, 3.8) is 0 Å². The van der Waals surface area contributed by atoms with E-state index < -0.39 is 0 Å². The molecule has 2 rings (SSSR count). The number of hydrogen-bond donors (Lipinski definition) is 0. The summed E-state index contributed by atoms with van der Waals surface area (Å²) >= 11 is 0. The summed E-state index contributed by atoms with van der Waals surface area (Å²) < 4.78 is 0. The Hall–Kier alpha value is -2.36. The third kappa shape index (κ3) is 3.40. The molecule has 1 aromatic heterocycles. The zero-order chi connectivity index (χ0) is 15.4. The molecular weight excluding hydrogens is 268 g/mol. The fraction of sp³-hybridized carbons (Fsp3) is 0.571. The average Bonchev–Trinajstić information content (AvgIpc) is 2.53. The first kappa shape index (κ1) is 15.0. The number of nitrogens with zero attached hydrogens (tertiary/aromatic N) is 6. The molecule has 7 heteroatoms. The van der Waals surface area contributed by atoms with Gasteiger partial charge in [0.15, 0.2) is 0 Å². The zero-order valence-electron chi connectivity index (χ0n) is 12.7. The molecule has 2 heterocycles. The van der Waals surface area contributed by atoms with Crippen molar-refractivity contribution in [2.24, 2.45) is 0 Å². The van der Waals surface area contributed by atoms with E-state index in [2.05, 4.69) is 9.97 Å². The van der Waals surface area contributed by atoms with Crippen molar-refractivity contribution in [3.8, 4) is 6.07 Å². The summed E-state index contributed by atoms with van der Waals surface area (Å²) in [4.78, 5) is 25.9. The number of piperidine rings is 1. The van der Waals surface area contributed by atoms with E-state index in [0.717, 1.165) is 19.4 Å². The van der Waals surface area contributed by atoms with E-state index in [0.29, 0.717) is 18.2 Å². The summed E-state index contributed by atoms with van der Waals surface area (Å²) in [6.07, 6.45) is 3.53. The van der Waals surface area contributed by atoms with Gasteiger partial charge in [0, 0.05) is 40.4 Å². The second-order valence-corrected chi connectivity index (χ2v) is 5.38. The van der Waals surface area contributed by atoms with Gasteiger partial charge < -0.3 is 14.7 Å². The molecule has 1 saturated heterocycles. The van der Waals surface area contributed by atoms with Crippen LogP contribution in [0.5, 0.6) is 0 Å². The minimum Gasteiger partial charge on any atom is -0.339 e. The SMILES string of the molecule is CN(C)C(=O)N(C)C1CCCN(c2nccc(C#N)n2)C1. The van der Waals surface area contributed by atoms with E-state index in [1.165, 1.54) is 0 Å². The normalized spacial score (nSPS) is 18.0. The third-order valence-electron chi connectivity index (χ3n) is 3.67. The van der Waals surface area contributed by atoms with Crippen molar-refractivity contribution in [2.75, 3.05) is 39.1 Å². The summed E-state index contributed by atoms with van der Waals surface area (Å²) in [5.41, 5.74) is 0.361. The van der Waals surface area contributed by atoms with Gasteiger partial charge in [-0.05, 0) is 18.9 Å². The van der Waals surface area contributed by atoms with Crippen molar-refractivity contribution < 1.29 is 4.79 Å². The average molecular weight is 288 g/mol. The largest absolute Gasteiger partial charge is 0.339 e. The molecule has 1 unspecified atom stereocenters. The van der Waals surface area contributed by atoms with Crippen LogP contribution in [0.25, 0.3) is 0 Å². The van der Waals surface area contributed by atoms with Crippen molar-refractivity contribution in [1.82, 2.24) is 19.8 Å². The number of urea groups is 1. The maximum atomic E-state index is 12.0. The predicted octanol–water partition coefficient (Wildman–Crippen LogP) is 0.930. The van der Waals surface area contributed by atoms with Crippen LogP contribution in [0.15, 0.2) is 12.3 Å². The minimum absolute atomic E-state index is 0.00598. The number of carbonyl (C=O) groups excluding carboxylic acids is 1. The highest BCUT2D eigenvalue weighted by molar-refractivity contribution is 5.74. The molecule has 0 saturated carbocycles. The van der Waals surface area contributed by atoms with Crippen LogP contribution in [0.2, 0.25) is 0 Å². The lowest BCUT2D eigenvalue weighted by atomic mass is 10.1. The highest BCUT2D eigenvalue weighted by Gasteiger charge is 2.28. The molecule has 0 spiro atoms. The van der Waals surface area contributed by atoms with Gasteiger partial charge in [-0.15, -0.1) is 0 Å². The minimum atomic E-state index is -0.00598. The number of hydrogen-bond acceptors (Lipinski definition) is 5. The number of carbonyl (C=O) groups is 1.